The topological polar surface area (TPSA) is 113 Å². The molecule has 0 spiro atoms. The van der Waals surface area contributed by atoms with Gasteiger partial charge in [0.15, 0.2) is 0 Å². The molecule has 2 heterocycles. The molecule has 1 aliphatic rings. The van der Waals surface area contributed by atoms with Crippen LogP contribution in [0, 0.1) is 0 Å². The number of carbonyl (C=O) groups is 1. The van der Waals surface area contributed by atoms with E-state index in [1.54, 1.807) is 26.8 Å². The van der Waals surface area contributed by atoms with Crippen LogP contribution >= 0.6 is 0 Å². The van der Waals surface area contributed by atoms with Crippen molar-refractivity contribution in [3.63, 3.8) is 0 Å². The zero-order valence-corrected chi connectivity index (χ0v) is 18.5. The standard InChI is InChI=1S/C22H26N4O4S/c1-22(2,3)26-31(28,29)16-9-6-14(7-10-16)21(27)23-15-8-11-17-18(13-15)25-20(24-17)19-5-4-12-30-19/h6-11,13,19,26H,4-5,12H2,1-3H3,(H,23,27)(H,24,25). The number of nitrogens with zero attached hydrogens (tertiary/aromatic N) is 1. The highest BCUT2D eigenvalue weighted by atomic mass is 32.2. The van der Waals surface area contributed by atoms with Crippen molar-refractivity contribution in [2.45, 2.75) is 50.2 Å². The van der Waals surface area contributed by atoms with Gasteiger partial charge in [-0.2, -0.15) is 0 Å². The lowest BCUT2D eigenvalue weighted by atomic mass is 10.1. The van der Waals surface area contributed by atoms with E-state index in [1.165, 1.54) is 24.3 Å². The minimum absolute atomic E-state index is 0.00647. The van der Waals surface area contributed by atoms with Crippen LogP contribution in [0.25, 0.3) is 11.0 Å². The molecule has 0 radical (unpaired) electrons. The number of amides is 1. The Labute approximate surface area is 181 Å². The molecule has 1 unspecified atom stereocenters. The molecule has 1 aliphatic heterocycles. The molecule has 0 saturated carbocycles. The van der Waals surface area contributed by atoms with Crippen molar-refractivity contribution in [2.75, 3.05) is 11.9 Å². The van der Waals surface area contributed by atoms with E-state index in [0.717, 1.165) is 36.3 Å². The number of aromatic nitrogens is 2. The minimum atomic E-state index is -3.65. The van der Waals surface area contributed by atoms with Crippen LogP contribution in [0.5, 0.6) is 0 Å². The second-order valence-corrected chi connectivity index (χ2v) is 10.4. The van der Waals surface area contributed by atoms with E-state index in [0.29, 0.717) is 11.3 Å². The Morgan fingerprint density at radius 3 is 2.55 bits per heavy atom. The van der Waals surface area contributed by atoms with Gasteiger partial charge in [-0.15, -0.1) is 0 Å². The van der Waals surface area contributed by atoms with Crippen molar-refractivity contribution in [3.05, 3.63) is 53.9 Å². The van der Waals surface area contributed by atoms with Gasteiger partial charge >= 0.3 is 0 Å². The molecule has 31 heavy (non-hydrogen) atoms. The summed E-state index contributed by atoms with van der Waals surface area (Å²) >= 11 is 0. The number of imidazole rings is 1. The van der Waals surface area contributed by atoms with Gasteiger partial charge in [-0.25, -0.2) is 18.1 Å². The maximum atomic E-state index is 12.6. The van der Waals surface area contributed by atoms with E-state index in [1.807, 2.05) is 12.1 Å². The summed E-state index contributed by atoms with van der Waals surface area (Å²) in [4.78, 5) is 20.6. The Bertz CT molecular complexity index is 1200. The van der Waals surface area contributed by atoms with Crippen LogP contribution in [0.15, 0.2) is 47.4 Å². The molecule has 8 nitrogen and oxygen atoms in total. The molecule has 1 fully saturated rings. The highest BCUT2D eigenvalue weighted by Gasteiger charge is 2.23. The number of carbonyl (C=O) groups excluding carboxylic acids is 1. The number of sulfonamides is 1. The summed E-state index contributed by atoms with van der Waals surface area (Å²) in [6, 6.07) is 11.3. The third kappa shape index (κ3) is 4.95. The minimum Gasteiger partial charge on any atom is -0.370 e. The molecule has 1 amide bonds. The first-order chi connectivity index (χ1) is 14.6. The van der Waals surface area contributed by atoms with Crippen LogP contribution in [-0.2, 0) is 14.8 Å². The van der Waals surface area contributed by atoms with Crippen LogP contribution in [0.1, 0.15) is 55.9 Å². The van der Waals surface area contributed by atoms with Gasteiger partial charge in [0, 0.05) is 23.4 Å². The van der Waals surface area contributed by atoms with Gasteiger partial charge in [0.05, 0.1) is 15.9 Å². The van der Waals surface area contributed by atoms with Crippen molar-refractivity contribution in [3.8, 4) is 0 Å². The van der Waals surface area contributed by atoms with Crippen molar-refractivity contribution in [1.29, 1.82) is 0 Å². The fraction of sp³-hybridized carbons (Fsp3) is 0.364. The Hall–Kier alpha value is -2.75. The van der Waals surface area contributed by atoms with E-state index in [-0.39, 0.29) is 16.9 Å². The quantitative estimate of drug-likeness (QED) is 0.557. The SMILES string of the molecule is CC(C)(C)NS(=O)(=O)c1ccc(C(=O)Nc2ccc3nc(C4CCCO4)[nH]c3c2)cc1. The lowest BCUT2D eigenvalue weighted by molar-refractivity contribution is 0.102. The third-order valence-corrected chi connectivity index (χ3v) is 6.63. The number of benzene rings is 2. The maximum Gasteiger partial charge on any atom is 0.255 e. The zero-order valence-electron chi connectivity index (χ0n) is 17.7. The number of hydrogen-bond acceptors (Lipinski definition) is 5. The van der Waals surface area contributed by atoms with Crippen molar-refractivity contribution < 1.29 is 17.9 Å². The van der Waals surface area contributed by atoms with Gasteiger partial charge in [-0.3, -0.25) is 4.79 Å². The monoisotopic (exact) mass is 442 g/mol. The highest BCUT2D eigenvalue weighted by molar-refractivity contribution is 7.89. The predicted molar refractivity (Wildman–Crippen MR) is 118 cm³/mol. The molecule has 2 aromatic carbocycles. The first-order valence-electron chi connectivity index (χ1n) is 10.2. The fourth-order valence-corrected chi connectivity index (χ4v) is 4.92. The molecular weight excluding hydrogens is 416 g/mol. The van der Waals surface area contributed by atoms with E-state index < -0.39 is 15.6 Å². The Morgan fingerprint density at radius 2 is 1.90 bits per heavy atom. The maximum absolute atomic E-state index is 12.6. The molecule has 0 bridgehead atoms. The summed E-state index contributed by atoms with van der Waals surface area (Å²) in [5.74, 6) is 0.475. The Morgan fingerprint density at radius 1 is 1.16 bits per heavy atom. The molecule has 1 saturated heterocycles. The van der Waals surface area contributed by atoms with E-state index in [2.05, 4.69) is 20.0 Å². The summed E-state index contributed by atoms with van der Waals surface area (Å²) in [5.41, 5.74) is 2.01. The smallest absolute Gasteiger partial charge is 0.255 e. The van der Waals surface area contributed by atoms with Crippen LogP contribution in [0.4, 0.5) is 5.69 Å². The lowest BCUT2D eigenvalue weighted by Crippen LogP contribution is -2.40. The van der Waals surface area contributed by atoms with Gasteiger partial charge in [0.25, 0.3) is 5.91 Å². The molecule has 164 valence electrons. The number of anilines is 1. The number of ether oxygens (including phenoxy) is 1. The van der Waals surface area contributed by atoms with Gasteiger partial charge in [-0.05, 0) is 76.1 Å². The van der Waals surface area contributed by atoms with Crippen LogP contribution < -0.4 is 10.0 Å². The third-order valence-electron chi connectivity index (χ3n) is 4.86. The Kier molecular flexibility index (Phi) is 5.59. The summed E-state index contributed by atoms with van der Waals surface area (Å²) in [6.07, 6.45) is 1.96. The summed E-state index contributed by atoms with van der Waals surface area (Å²) < 4.78 is 33.1. The van der Waals surface area contributed by atoms with E-state index in [4.69, 9.17) is 4.74 Å². The number of nitrogens with one attached hydrogen (secondary N) is 3. The number of hydrogen-bond donors (Lipinski definition) is 3. The van der Waals surface area contributed by atoms with Crippen molar-refractivity contribution in [1.82, 2.24) is 14.7 Å². The van der Waals surface area contributed by atoms with Crippen molar-refractivity contribution >= 4 is 32.7 Å². The number of aromatic amines is 1. The fourth-order valence-electron chi connectivity index (χ4n) is 3.50. The largest absolute Gasteiger partial charge is 0.370 e. The molecule has 0 aliphatic carbocycles. The predicted octanol–water partition coefficient (Wildman–Crippen LogP) is 3.74. The van der Waals surface area contributed by atoms with E-state index in [9.17, 15) is 13.2 Å². The van der Waals surface area contributed by atoms with Gasteiger partial charge in [-0.1, -0.05) is 0 Å². The van der Waals surface area contributed by atoms with Crippen LogP contribution in [0.2, 0.25) is 0 Å². The molecule has 4 rings (SSSR count). The number of H-pyrrole nitrogens is 1. The van der Waals surface area contributed by atoms with Crippen LogP contribution in [-0.4, -0.2) is 36.4 Å². The lowest BCUT2D eigenvalue weighted by Gasteiger charge is -2.20. The van der Waals surface area contributed by atoms with Gasteiger partial charge in [0.1, 0.15) is 11.9 Å². The summed E-state index contributed by atoms with van der Waals surface area (Å²) in [5, 5.41) is 2.84. The molecule has 9 heteroatoms. The highest BCUT2D eigenvalue weighted by Crippen LogP contribution is 2.28. The normalized spacial score (nSPS) is 17.2. The molecule has 1 aromatic heterocycles. The second kappa shape index (κ2) is 8.07. The van der Waals surface area contributed by atoms with E-state index >= 15 is 0 Å². The molecule has 3 aromatic rings. The molecular formula is C22H26N4O4S. The first kappa shape index (κ1) is 21.5. The van der Waals surface area contributed by atoms with Gasteiger partial charge in [0.2, 0.25) is 10.0 Å². The summed E-state index contributed by atoms with van der Waals surface area (Å²) in [6.45, 7) is 6.06. The number of rotatable bonds is 5. The molecule has 1 atom stereocenters. The summed E-state index contributed by atoms with van der Waals surface area (Å²) in [7, 11) is -3.65. The van der Waals surface area contributed by atoms with Gasteiger partial charge < -0.3 is 15.0 Å². The van der Waals surface area contributed by atoms with Crippen LogP contribution in [0.3, 0.4) is 0 Å². The zero-order chi connectivity index (χ0) is 22.2. The first-order valence-corrected chi connectivity index (χ1v) is 11.7. The second-order valence-electron chi connectivity index (χ2n) is 8.69. The average molecular weight is 443 g/mol. The number of fused-ring (bicyclic) bond motifs is 1. The Balaban J connectivity index is 1.48. The van der Waals surface area contributed by atoms with Crippen molar-refractivity contribution in [2.24, 2.45) is 0 Å². The average Bonchev–Trinajstić information content (AvgIpc) is 3.35. The molecule has 3 N–H and O–H groups in total.